The third-order valence-corrected chi connectivity index (χ3v) is 4.91. The first kappa shape index (κ1) is 24.2. The molecule has 0 N–H and O–H groups in total. The SMILES string of the molecule is CCOc1ccc(PC(=O)c2c(OC)cc(OC)cc2OC)c(OCC)c1.[H-].[Li+]. The van der Waals surface area contributed by atoms with Crippen molar-refractivity contribution in [1.29, 1.82) is 0 Å². The van der Waals surface area contributed by atoms with Crippen LogP contribution in [0.15, 0.2) is 30.3 Å². The van der Waals surface area contributed by atoms with Gasteiger partial charge in [0.05, 0.1) is 34.5 Å². The molecule has 0 aromatic heterocycles. The first-order chi connectivity index (χ1) is 13.1. The molecule has 2 aromatic carbocycles. The zero-order valence-corrected chi connectivity index (χ0v) is 18.3. The summed E-state index contributed by atoms with van der Waals surface area (Å²) < 4.78 is 27.2. The molecule has 0 fully saturated rings. The topological polar surface area (TPSA) is 63.2 Å². The zero-order chi connectivity index (χ0) is 19.8. The maximum atomic E-state index is 13.1. The summed E-state index contributed by atoms with van der Waals surface area (Å²) in [6, 6.07) is 8.84. The van der Waals surface area contributed by atoms with E-state index in [1.807, 2.05) is 32.0 Å². The first-order valence-electron chi connectivity index (χ1n) is 8.58. The van der Waals surface area contributed by atoms with Gasteiger partial charge < -0.3 is 25.1 Å². The summed E-state index contributed by atoms with van der Waals surface area (Å²) in [4.78, 5) is 13.1. The molecule has 0 bridgehead atoms. The molecule has 2 aromatic rings. The van der Waals surface area contributed by atoms with Crippen molar-refractivity contribution >= 4 is 19.4 Å². The Morgan fingerprint density at radius 2 is 1.43 bits per heavy atom. The van der Waals surface area contributed by atoms with Gasteiger partial charge in [-0.1, -0.05) is 0 Å². The number of benzene rings is 2. The van der Waals surface area contributed by atoms with Crippen molar-refractivity contribution in [2.75, 3.05) is 34.5 Å². The Labute approximate surface area is 181 Å². The van der Waals surface area contributed by atoms with E-state index < -0.39 is 0 Å². The van der Waals surface area contributed by atoms with Crippen molar-refractivity contribution in [3.8, 4) is 28.7 Å². The fraction of sp³-hybridized carbons (Fsp3) is 0.350. The maximum Gasteiger partial charge on any atom is 1.00 e. The number of ether oxygens (including phenoxy) is 5. The van der Waals surface area contributed by atoms with Crippen molar-refractivity contribution in [3.63, 3.8) is 0 Å². The number of carbonyl (C=O) groups excluding carboxylic acids is 1. The summed E-state index contributed by atoms with van der Waals surface area (Å²) in [5.41, 5.74) is 0.270. The summed E-state index contributed by atoms with van der Waals surface area (Å²) in [6.45, 7) is 4.88. The van der Waals surface area contributed by atoms with Gasteiger partial charge in [0.2, 0.25) is 0 Å². The van der Waals surface area contributed by atoms with Crippen molar-refractivity contribution in [2.45, 2.75) is 13.8 Å². The van der Waals surface area contributed by atoms with Gasteiger partial charge >= 0.3 is 18.9 Å². The summed E-state index contributed by atoms with van der Waals surface area (Å²) >= 11 is 0. The predicted octanol–water partition coefficient (Wildman–Crippen LogP) is 0.770. The van der Waals surface area contributed by atoms with Gasteiger partial charge in [0.15, 0.2) is 5.52 Å². The summed E-state index contributed by atoms with van der Waals surface area (Å²) in [5.74, 6) is 2.72. The van der Waals surface area contributed by atoms with E-state index >= 15 is 0 Å². The van der Waals surface area contributed by atoms with Crippen LogP contribution in [0, 0.1) is 0 Å². The Kier molecular flexibility index (Phi) is 10.2. The smallest absolute Gasteiger partial charge is 1.00 e. The molecule has 0 saturated heterocycles. The van der Waals surface area contributed by atoms with Crippen molar-refractivity contribution < 1.29 is 48.8 Å². The zero-order valence-electron chi connectivity index (χ0n) is 18.3. The van der Waals surface area contributed by atoms with Gasteiger partial charge in [-0.25, -0.2) is 0 Å². The second-order valence-electron chi connectivity index (χ2n) is 5.39. The van der Waals surface area contributed by atoms with Crippen LogP contribution in [0.5, 0.6) is 28.7 Å². The van der Waals surface area contributed by atoms with Gasteiger partial charge in [0.25, 0.3) is 0 Å². The molecule has 0 aliphatic carbocycles. The Hall–Kier alpha value is -1.86. The van der Waals surface area contributed by atoms with Crippen LogP contribution >= 0.6 is 8.58 Å². The normalized spacial score (nSPS) is 10.3. The quantitative estimate of drug-likeness (QED) is 0.434. The average molecular weight is 400 g/mol. The van der Waals surface area contributed by atoms with E-state index in [4.69, 9.17) is 23.7 Å². The van der Waals surface area contributed by atoms with E-state index in [-0.39, 0.29) is 34.4 Å². The second kappa shape index (κ2) is 11.9. The third kappa shape index (κ3) is 5.82. The summed E-state index contributed by atoms with van der Waals surface area (Å²) in [6.07, 6.45) is 0. The van der Waals surface area contributed by atoms with Gasteiger partial charge in [0, 0.05) is 23.5 Å². The molecule has 0 amide bonds. The van der Waals surface area contributed by atoms with Crippen molar-refractivity contribution in [2.24, 2.45) is 0 Å². The molecule has 1 unspecified atom stereocenters. The molecule has 8 heteroatoms. The van der Waals surface area contributed by atoms with Crippen molar-refractivity contribution in [1.82, 2.24) is 0 Å². The number of hydrogen-bond donors (Lipinski definition) is 0. The summed E-state index contributed by atoms with van der Waals surface area (Å²) in [7, 11) is 4.41. The predicted molar refractivity (Wildman–Crippen MR) is 108 cm³/mol. The minimum atomic E-state index is -0.161. The molecular weight excluding hydrogens is 374 g/mol. The average Bonchev–Trinajstić information content (AvgIpc) is 2.69. The van der Waals surface area contributed by atoms with Crippen molar-refractivity contribution in [3.05, 3.63) is 35.9 Å². The molecule has 6 nitrogen and oxygen atoms in total. The standard InChI is InChI=1S/C20H25O6P.Li.H/c1-6-25-13-8-9-18(15(10-13)26-7-2)27-20(21)19-16(23-4)11-14(22-3)12-17(19)24-5;;/h8-12,27H,6-7H2,1-5H3;;/q;+1;-1. The molecular formula is C20H26LiO6P. The minimum Gasteiger partial charge on any atom is -1.00 e. The van der Waals surface area contributed by atoms with Gasteiger partial charge in [-0.15, -0.1) is 0 Å². The number of rotatable bonds is 10. The molecule has 0 saturated carbocycles. The van der Waals surface area contributed by atoms with E-state index in [0.717, 1.165) is 5.30 Å². The minimum absolute atomic E-state index is 0. The largest absolute Gasteiger partial charge is 1.00 e. The van der Waals surface area contributed by atoms with Crippen LogP contribution in [0.25, 0.3) is 0 Å². The van der Waals surface area contributed by atoms with Crippen LogP contribution in [0.1, 0.15) is 25.6 Å². The second-order valence-corrected chi connectivity index (χ2v) is 6.63. The van der Waals surface area contributed by atoms with Gasteiger partial charge in [-0.3, -0.25) is 4.79 Å². The molecule has 148 valence electrons. The Morgan fingerprint density at radius 3 is 1.93 bits per heavy atom. The van der Waals surface area contributed by atoms with Crippen LogP contribution < -0.4 is 47.8 Å². The van der Waals surface area contributed by atoms with Gasteiger partial charge in [0.1, 0.15) is 34.3 Å². The van der Waals surface area contributed by atoms with Crippen LogP contribution in [0.2, 0.25) is 0 Å². The van der Waals surface area contributed by atoms with E-state index in [2.05, 4.69) is 0 Å². The molecule has 0 aliphatic rings. The van der Waals surface area contributed by atoms with E-state index in [0.29, 0.717) is 47.5 Å². The number of carbonyl (C=O) groups is 1. The van der Waals surface area contributed by atoms with Gasteiger partial charge in [-0.05, 0) is 34.6 Å². The summed E-state index contributed by atoms with van der Waals surface area (Å²) in [5, 5.41) is 0.797. The third-order valence-electron chi connectivity index (χ3n) is 3.75. The molecule has 1 atom stereocenters. The van der Waals surface area contributed by atoms with E-state index in [1.165, 1.54) is 14.2 Å². The molecule has 0 aliphatic heterocycles. The molecule has 28 heavy (non-hydrogen) atoms. The Bertz CT molecular complexity index is 778. The van der Waals surface area contributed by atoms with Crippen LogP contribution in [-0.4, -0.2) is 40.1 Å². The van der Waals surface area contributed by atoms with Crippen LogP contribution in [0.3, 0.4) is 0 Å². The van der Waals surface area contributed by atoms with Gasteiger partial charge in [-0.2, -0.15) is 0 Å². The molecule has 0 heterocycles. The van der Waals surface area contributed by atoms with E-state index in [1.54, 1.807) is 19.2 Å². The fourth-order valence-corrected chi connectivity index (χ4v) is 3.60. The fourth-order valence-electron chi connectivity index (χ4n) is 2.55. The monoisotopic (exact) mass is 400 g/mol. The molecule has 0 spiro atoms. The number of methoxy groups -OCH3 is 3. The van der Waals surface area contributed by atoms with Crippen LogP contribution in [-0.2, 0) is 0 Å². The van der Waals surface area contributed by atoms with E-state index in [9.17, 15) is 4.79 Å². The Balaban J connectivity index is 0.00000392. The molecule has 0 radical (unpaired) electrons. The number of hydrogen-bond acceptors (Lipinski definition) is 6. The Morgan fingerprint density at radius 1 is 0.857 bits per heavy atom. The molecule has 2 rings (SSSR count). The van der Waals surface area contributed by atoms with Crippen LogP contribution in [0.4, 0.5) is 0 Å². The first-order valence-corrected chi connectivity index (χ1v) is 9.58. The maximum absolute atomic E-state index is 13.1.